The van der Waals surface area contributed by atoms with E-state index in [0.29, 0.717) is 29.0 Å². The molecule has 2 atom stereocenters. The highest BCUT2D eigenvalue weighted by atomic mass is 16.6. The van der Waals surface area contributed by atoms with Gasteiger partial charge in [-0.3, -0.25) is 14.9 Å². The minimum absolute atomic E-state index is 0.0449. The molecule has 2 fully saturated rings. The number of nitrogens with zero attached hydrogens (tertiary/aromatic N) is 3. The Labute approximate surface area is 155 Å². The minimum Gasteiger partial charge on any atom is -0.366 e. The van der Waals surface area contributed by atoms with Gasteiger partial charge in [-0.25, -0.2) is 0 Å². The van der Waals surface area contributed by atoms with Crippen LogP contribution in [0.4, 0.5) is 11.4 Å². The van der Waals surface area contributed by atoms with Gasteiger partial charge in [0.25, 0.3) is 11.6 Å². The average Bonchev–Trinajstić information content (AvgIpc) is 2.60. The number of amides is 1. The van der Waals surface area contributed by atoms with Crippen molar-refractivity contribution < 1.29 is 9.72 Å². The molecule has 1 aromatic carbocycles. The standard InChI is InChI=1S/C20H29N3O3/c1-14-6-8-21(9-7-14)18-5-4-17(11-19(18)23(25)26)20(24)22-12-15(2)10-16(3)13-22/h4-5,11,14-16H,6-10,12-13H2,1-3H3. The molecule has 0 aromatic heterocycles. The molecule has 26 heavy (non-hydrogen) atoms. The van der Waals surface area contributed by atoms with Crippen molar-refractivity contribution in [2.24, 2.45) is 17.8 Å². The van der Waals surface area contributed by atoms with Gasteiger partial charge in [0.1, 0.15) is 5.69 Å². The Balaban J connectivity index is 1.84. The van der Waals surface area contributed by atoms with E-state index in [2.05, 4.69) is 25.7 Å². The Hall–Kier alpha value is -2.11. The maximum atomic E-state index is 12.9. The summed E-state index contributed by atoms with van der Waals surface area (Å²) in [5.74, 6) is 1.50. The molecule has 2 unspecified atom stereocenters. The summed E-state index contributed by atoms with van der Waals surface area (Å²) in [5, 5.41) is 11.6. The maximum absolute atomic E-state index is 12.9. The van der Waals surface area contributed by atoms with Crippen molar-refractivity contribution >= 4 is 17.3 Å². The van der Waals surface area contributed by atoms with Crippen molar-refractivity contribution in [2.45, 2.75) is 40.0 Å². The van der Waals surface area contributed by atoms with Crippen LogP contribution >= 0.6 is 0 Å². The fourth-order valence-electron chi connectivity index (χ4n) is 4.33. The molecular weight excluding hydrogens is 330 g/mol. The van der Waals surface area contributed by atoms with Crippen LogP contribution in [-0.4, -0.2) is 41.9 Å². The van der Waals surface area contributed by atoms with Crippen LogP contribution in [0.5, 0.6) is 0 Å². The highest BCUT2D eigenvalue weighted by Gasteiger charge is 2.29. The van der Waals surface area contributed by atoms with E-state index < -0.39 is 0 Å². The largest absolute Gasteiger partial charge is 0.366 e. The second-order valence-corrected chi connectivity index (χ2v) is 8.29. The summed E-state index contributed by atoms with van der Waals surface area (Å²) in [5.41, 5.74) is 1.11. The fraction of sp³-hybridized carbons (Fsp3) is 0.650. The Kier molecular flexibility index (Phi) is 5.49. The van der Waals surface area contributed by atoms with E-state index in [1.165, 1.54) is 6.07 Å². The molecule has 3 rings (SSSR count). The first-order chi connectivity index (χ1) is 12.3. The fourth-order valence-corrected chi connectivity index (χ4v) is 4.33. The van der Waals surface area contributed by atoms with Crippen molar-refractivity contribution in [1.82, 2.24) is 4.90 Å². The third kappa shape index (κ3) is 4.00. The second-order valence-electron chi connectivity index (χ2n) is 8.29. The highest BCUT2D eigenvalue weighted by molar-refractivity contribution is 5.96. The van der Waals surface area contributed by atoms with Crippen LogP contribution in [0.25, 0.3) is 0 Å². The molecule has 142 valence electrons. The molecule has 0 bridgehead atoms. The molecule has 0 radical (unpaired) electrons. The van der Waals surface area contributed by atoms with Crippen LogP contribution in [0, 0.1) is 27.9 Å². The van der Waals surface area contributed by atoms with E-state index in [0.717, 1.165) is 45.4 Å². The molecule has 2 saturated heterocycles. The van der Waals surface area contributed by atoms with Gasteiger partial charge in [-0.05, 0) is 49.1 Å². The Morgan fingerprint density at radius 3 is 2.27 bits per heavy atom. The van der Waals surface area contributed by atoms with Gasteiger partial charge < -0.3 is 9.80 Å². The predicted molar refractivity (Wildman–Crippen MR) is 103 cm³/mol. The van der Waals surface area contributed by atoms with E-state index in [1.54, 1.807) is 12.1 Å². The van der Waals surface area contributed by atoms with E-state index in [-0.39, 0.29) is 16.5 Å². The van der Waals surface area contributed by atoms with Crippen molar-refractivity contribution in [3.05, 3.63) is 33.9 Å². The van der Waals surface area contributed by atoms with E-state index >= 15 is 0 Å². The molecule has 0 spiro atoms. The van der Waals surface area contributed by atoms with Crippen LogP contribution in [-0.2, 0) is 0 Å². The van der Waals surface area contributed by atoms with Gasteiger partial charge in [-0.15, -0.1) is 0 Å². The molecule has 1 amide bonds. The zero-order chi connectivity index (χ0) is 18.8. The molecular formula is C20H29N3O3. The number of anilines is 1. The number of hydrogen-bond acceptors (Lipinski definition) is 4. The van der Waals surface area contributed by atoms with Gasteiger partial charge >= 0.3 is 0 Å². The predicted octanol–water partition coefficient (Wildman–Crippen LogP) is 3.95. The summed E-state index contributed by atoms with van der Waals surface area (Å²) < 4.78 is 0. The summed E-state index contributed by atoms with van der Waals surface area (Å²) in [4.78, 5) is 28.1. The molecule has 2 aliphatic heterocycles. The van der Waals surface area contributed by atoms with Crippen molar-refractivity contribution in [3.8, 4) is 0 Å². The maximum Gasteiger partial charge on any atom is 0.293 e. The normalized spacial score (nSPS) is 24.6. The van der Waals surface area contributed by atoms with Crippen LogP contribution < -0.4 is 4.90 Å². The molecule has 2 heterocycles. The lowest BCUT2D eigenvalue weighted by Crippen LogP contribution is -2.42. The molecule has 0 aliphatic carbocycles. The van der Waals surface area contributed by atoms with E-state index in [4.69, 9.17) is 0 Å². The first kappa shape index (κ1) is 18.7. The number of carbonyl (C=O) groups excluding carboxylic acids is 1. The van der Waals surface area contributed by atoms with Crippen molar-refractivity contribution in [1.29, 1.82) is 0 Å². The molecule has 6 nitrogen and oxygen atoms in total. The highest BCUT2D eigenvalue weighted by Crippen LogP contribution is 2.33. The molecule has 0 saturated carbocycles. The van der Waals surface area contributed by atoms with Gasteiger partial charge in [-0.2, -0.15) is 0 Å². The van der Waals surface area contributed by atoms with Crippen LogP contribution in [0.1, 0.15) is 50.4 Å². The summed E-state index contributed by atoms with van der Waals surface area (Å²) in [6, 6.07) is 4.99. The topological polar surface area (TPSA) is 66.7 Å². The summed E-state index contributed by atoms with van der Waals surface area (Å²) >= 11 is 0. The zero-order valence-corrected chi connectivity index (χ0v) is 16.0. The average molecular weight is 359 g/mol. The van der Waals surface area contributed by atoms with Gasteiger partial charge in [-0.1, -0.05) is 20.8 Å². The van der Waals surface area contributed by atoms with Gasteiger partial charge in [0.15, 0.2) is 0 Å². The van der Waals surface area contributed by atoms with Crippen molar-refractivity contribution in [3.63, 3.8) is 0 Å². The quantitative estimate of drug-likeness (QED) is 0.605. The summed E-state index contributed by atoms with van der Waals surface area (Å²) in [6.07, 6.45) is 3.21. The van der Waals surface area contributed by atoms with Gasteiger partial charge in [0.05, 0.1) is 4.92 Å². The smallest absolute Gasteiger partial charge is 0.293 e. The molecule has 6 heteroatoms. The summed E-state index contributed by atoms with van der Waals surface area (Å²) in [7, 11) is 0. The monoisotopic (exact) mass is 359 g/mol. The van der Waals surface area contributed by atoms with Crippen LogP contribution in [0.15, 0.2) is 18.2 Å². The lowest BCUT2D eigenvalue weighted by atomic mass is 9.91. The lowest BCUT2D eigenvalue weighted by molar-refractivity contribution is -0.384. The first-order valence-corrected chi connectivity index (χ1v) is 9.67. The minimum atomic E-state index is -0.356. The van der Waals surface area contributed by atoms with Gasteiger partial charge in [0, 0.05) is 37.8 Å². The van der Waals surface area contributed by atoms with E-state index in [9.17, 15) is 14.9 Å². The Bertz CT molecular complexity index is 673. The number of carbonyl (C=O) groups is 1. The number of likely N-dealkylation sites (tertiary alicyclic amines) is 1. The number of rotatable bonds is 3. The summed E-state index contributed by atoms with van der Waals surface area (Å²) in [6.45, 7) is 9.63. The lowest BCUT2D eigenvalue weighted by Gasteiger charge is -2.35. The van der Waals surface area contributed by atoms with Crippen molar-refractivity contribution in [2.75, 3.05) is 31.1 Å². The van der Waals surface area contributed by atoms with E-state index in [1.807, 2.05) is 4.90 Å². The van der Waals surface area contributed by atoms with Gasteiger partial charge in [0.2, 0.25) is 0 Å². The number of hydrogen-bond donors (Lipinski definition) is 0. The molecule has 0 N–H and O–H groups in total. The Morgan fingerprint density at radius 1 is 1.08 bits per heavy atom. The third-order valence-electron chi connectivity index (χ3n) is 5.70. The Morgan fingerprint density at radius 2 is 1.69 bits per heavy atom. The number of benzene rings is 1. The van der Waals surface area contributed by atoms with Crippen LogP contribution in [0.2, 0.25) is 0 Å². The number of nitro groups is 1. The zero-order valence-electron chi connectivity index (χ0n) is 16.0. The third-order valence-corrected chi connectivity index (χ3v) is 5.70. The molecule has 1 aromatic rings. The number of nitro benzene ring substituents is 1. The first-order valence-electron chi connectivity index (χ1n) is 9.67. The van der Waals surface area contributed by atoms with Crippen LogP contribution in [0.3, 0.4) is 0 Å². The number of piperidine rings is 2. The second kappa shape index (κ2) is 7.64. The SMILES string of the molecule is CC1CCN(c2ccc(C(=O)N3CC(C)CC(C)C3)cc2[N+](=O)[O-])CC1. The molecule has 2 aliphatic rings.